The number of carbonyl (C=O) groups is 2. The maximum atomic E-state index is 10.4. The summed E-state index contributed by atoms with van der Waals surface area (Å²) in [5.74, 6) is -1.53. The number of allylic oxidation sites excluding steroid dienone is 1. The van der Waals surface area contributed by atoms with E-state index in [0.29, 0.717) is 0 Å². The van der Waals surface area contributed by atoms with E-state index in [4.69, 9.17) is 14.9 Å². The molecule has 0 saturated carbocycles. The summed E-state index contributed by atoms with van der Waals surface area (Å²) in [4.78, 5) is 19.9. The van der Waals surface area contributed by atoms with Crippen LogP contribution in [0.2, 0.25) is 0 Å². The van der Waals surface area contributed by atoms with Crippen molar-refractivity contribution in [1.29, 1.82) is 0 Å². The first kappa shape index (κ1) is 46.9. The standard InChI is InChI=1S/C10H12O2.C6H5Br.C6H5.C4H6O2.C4H8O.C4H9.2Li/c1-8(7-10(11)12)9-5-3-2-4-6-9;7-6-4-2-1-3-5-6;1-2-4-6-5-3-1;1-2-3-4(5)6;1-2-4-5-3-1;1-3-4-2;;/h2-6,8H,7H2,1H3,(H,11,12);1-5H;1-5H;2-3H,1H3,(H,5,6);1-4H2;1,3-4H2,2H3;;/q;;-1;;;-1;2*+1/b;;;3-2+;;;;. The Hall–Kier alpha value is -2.03. The van der Waals surface area contributed by atoms with Crippen molar-refractivity contribution in [3.8, 4) is 0 Å². The second-order valence-corrected chi connectivity index (χ2v) is 9.21. The fraction of sp³-hybridized carbons (Fsp3) is 0.324. The molecule has 0 spiro atoms. The van der Waals surface area contributed by atoms with E-state index in [1.165, 1.54) is 25.3 Å². The van der Waals surface area contributed by atoms with Crippen molar-refractivity contribution >= 4 is 27.9 Å². The zero-order valence-corrected chi connectivity index (χ0v) is 27.6. The molecule has 1 unspecified atom stereocenters. The van der Waals surface area contributed by atoms with Crippen LogP contribution >= 0.6 is 15.9 Å². The molecule has 3 aromatic carbocycles. The predicted octanol–water partition coefficient (Wildman–Crippen LogP) is 3.27. The normalized spacial score (nSPS) is 11.1. The van der Waals surface area contributed by atoms with Gasteiger partial charge in [-0.15, -0.1) is 0 Å². The van der Waals surface area contributed by atoms with Crippen molar-refractivity contribution in [2.24, 2.45) is 0 Å². The summed E-state index contributed by atoms with van der Waals surface area (Å²) in [5, 5.41) is 16.4. The van der Waals surface area contributed by atoms with Crippen LogP contribution in [0.4, 0.5) is 0 Å². The van der Waals surface area contributed by atoms with Crippen LogP contribution in [0.15, 0.2) is 108 Å². The molecule has 0 amide bonds. The molecule has 4 rings (SSSR count). The number of halogens is 1. The Kier molecular flexibility index (Phi) is 41.3. The summed E-state index contributed by atoms with van der Waals surface area (Å²) in [6.45, 7) is 11.3. The Bertz CT molecular complexity index is 935. The maximum Gasteiger partial charge on any atom is 1.00 e. The molecule has 1 saturated heterocycles. The molecule has 5 nitrogen and oxygen atoms in total. The molecule has 220 valence electrons. The van der Waals surface area contributed by atoms with E-state index in [1.54, 1.807) is 6.92 Å². The smallest absolute Gasteiger partial charge is 0.481 e. The molecule has 42 heavy (non-hydrogen) atoms. The molecular formula is C34H45BrLi2O5. The molecule has 1 fully saturated rings. The average molecular weight is 628 g/mol. The summed E-state index contributed by atoms with van der Waals surface area (Å²) in [6, 6.07) is 32.2. The van der Waals surface area contributed by atoms with Crippen molar-refractivity contribution in [1.82, 2.24) is 0 Å². The van der Waals surface area contributed by atoms with Crippen molar-refractivity contribution in [3.05, 3.63) is 126 Å². The molecule has 1 heterocycles. The monoisotopic (exact) mass is 626 g/mol. The first-order chi connectivity index (χ1) is 19.3. The molecule has 0 bridgehead atoms. The van der Waals surface area contributed by atoms with Crippen LogP contribution in [0.1, 0.15) is 64.4 Å². The molecule has 8 heteroatoms. The van der Waals surface area contributed by atoms with Crippen molar-refractivity contribution < 1.29 is 62.3 Å². The zero-order valence-electron chi connectivity index (χ0n) is 26.0. The SMILES string of the molecule is Brc1ccccc1.C/C=C/C(=O)O.C1CCOC1.CC(CC(=O)O)c1ccccc1.[CH2-]CCC.[Li+].[Li+].[c-]1ccccc1. The number of ether oxygens (including phenoxy) is 1. The molecule has 1 aliphatic rings. The molecule has 0 aromatic heterocycles. The second kappa shape index (κ2) is 37.0. The Balaban J connectivity index is -0.000000213. The van der Waals surface area contributed by atoms with Gasteiger partial charge in [-0.3, -0.25) is 4.79 Å². The van der Waals surface area contributed by atoms with Gasteiger partial charge in [-0.05, 0) is 43.4 Å². The zero-order chi connectivity index (χ0) is 30.3. The molecule has 2 N–H and O–H groups in total. The minimum absolute atomic E-state index is 0. The average Bonchev–Trinajstić information content (AvgIpc) is 3.56. The fourth-order valence-corrected chi connectivity index (χ4v) is 2.88. The van der Waals surface area contributed by atoms with Crippen LogP contribution in [-0.4, -0.2) is 35.4 Å². The van der Waals surface area contributed by atoms with E-state index in [2.05, 4.69) is 35.8 Å². The Morgan fingerprint density at radius 1 is 0.929 bits per heavy atom. The van der Waals surface area contributed by atoms with Gasteiger partial charge >= 0.3 is 49.7 Å². The number of carboxylic acids is 2. The van der Waals surface area contributed by atoms with Gasteiger partial charge in [0.1, 0.15) is 0 Å². The predicted molar refractivity (Wildman–Crippen MR) is 169 cm³/mol. The third kappa shape index (κ3) is 38.0. The van der Waals surface area contributed by atoms with Crippen molar-refractivity contribution in [3.63, 3.8) is 0 Å². The largest absolute Gasteiger partial charge is 1.00 e. The van der Waals surface area contributed by atoms with Gasteiger partial charge in [-0.25, -0.2) is 4.79 Å². The van der Waals surface area contributed by atoms with E-state index < -0.39 is 11.9 Å². The number of hydrogen-bond acceptors (Lipinski definition) is 3. The first-order valence-corrected chi connectivity index (χ1v) is 14.2. The third-order valence-electron chi connectivity index (χ3n) is 4.68. The number of rotatable bonds is 5. The number of aliphatic carboxylic acids is 2. The minimum Gasteiger partial charge on any atom is -0.481 e. The van der Waals surface area contributed by atoms with Gasteiger partial charge in [0, 0.05) is 23.8 Å². The van der Waals surface area contributed by atoms with Gasteiger partial charge in [0.15, 0.2) is 0 Å². The number of benzene rings is 3. The minimum atomic E-state index is -0.891. The molecule has 1 atom stereocenters. The summed E-state index contributed by atoms with van der Waals surface area (Å²) in [6.07, 6.45) is 7.59. The van der Waals surface area contributed by atoms with Gasteiger partial charge < -0.3 is 21.9 Å². The summed E-state index contributed by atoms with van der Waals surface area (Å²) < 4.78 is 6.08. The van der Waals surface area contributed by atoms with Gasteiger partial charge in [-0.2, -0.15) is 42.8 Å². The van der Waals surface area contributed by atoms with E-state index >= 15 is 0 Å². The van der Waals surface area contributed by atoms with Crippen LogP contribution in [-0.2, 0) is 14.3 Å². The maximum absolute atomic E-state index is 10.4. The van der Waals surface area contributed by atoms with E-state index in [1.807, 2.05) is 97.9 Å². The number of hydrogen-bond donors (Lipinski definition) is 2. The molecule has 3 aromatic rings. The van der Waals surface area contributed by atoms with Crippen molar-refractivity contribution in [2.75, 3.05) is 13.2 Å². The molecule has 0 radical (unpaired) electrons. The fourth-order valence-electron chi connectivity index (χ4n) is 2.57. The Morgan fingerprint density at radius 2 is 1.38 bits per heavy atom. The van der Waals surface area contributed by atoms with Crippen molar-refractivity contribution in [2.45, 2.75) is 58.8 Å². The quantitative estimate of drug-likeness (QED) is 0.258. The Labute approximate surface area is 286 Å². The summed E-state index contributed by atoms with van der Waals surface area (Å²) >= 11 is 3.31. The van der Waals surface area contributed by atoms with E-state index in [0.717, 1.165) is 35.7 Å². The van der Waals surface area contributed by atoms with Gasteiger partial charge in [0.05, 0.1) is 6.42 Å². The van der Waals surface area contributed by atoms with Crippen LogP contribution in [0, 0.1) is 13.0 Å². The van der Waals surface area contributed by atoms with Gasteiger partial charge in [-0.1, -0.05) is 90.8 Å². The summed E-state index contributed by atoms with van der Waals surface area (Å²) in [7, 11) is 0. The van der Waals surface area contributed by atoms with Gasteiger partial charge in [0.25, 0.3) is 0 Å². The Morgan fingerprint density at radius 3 is 1.60 bits per heavy atom. The summed E-state index contributed by atoms with van der Waals surface area (Å²) in [5.41, 5.74) is 1.08. The van der Waals surface area contributed by atoms with Crippen LogP contribution in [0.3, 0.4) is 0 Å². The van der Waals surface area contributed by atoms with Crippen LogP contribution in [0.25, 0.3) is 0 Å². The third-order valence-corrected chi connectivity index (χ3v) is 5.21. The second-order valence-electron chi connectivity index (χ2n) is 8.29. The first-order valence-electron chi connectivity index (χ1n) is 13.4. The molecular weight excluding hydrogens is 582 g/mol. The topological polar surface area (TPSA) is 83.8 Å². The van der Waals surface area contributed by atoms with E-state index in [9.17, 15) is 9.59 Å². The van der Waals surface area contributed by atoms with Crippen LogP contribution in [0.5, 0.6) is 0 Å². The number of carboxylic acid groups (broad SMARTS) is 2. The van der Waals surface area contributed by atoms with E-state index in [-0.39, 0.29) is 50.1 Å². The molecule has 0 aliphatic carbocycles. The number of unbranched alkanes of at least 4 members (excludes halogenated alkanes) is 1. The van der Waals surface area contributed by atoms with Gasteiger partial charge in [0.2, 0.25) is 0 Å². The van der Waals surface area contributed by atoms with Crippen LogP contribution < -0.4 is 37.7 Å². The molecule has 1 aliphatic heterocycles.